The Kier molecular flexibility index (Phi) is 5.27. The highest BCUT2D eigenvalue weighted by atomic mass is 16.2. The minimum Gasteiger partial charge on any atom is -0.339 e. The number of hydrogen-bond donors (Lipinski definition) is 0. The van der Waals surface area contributed by atoms with Crippen molar-refractivity contribution in [3.8, 4) is 6.07 Å². The van der Waals surface area contributed by atoms with E-state index in [0.717, 1.165) is 39.1 Å². The van der Waals surface area contributed by atoms with Crippen molar-refractivity contribution in [1.82, 2.24) is 9.80 Å². The summed E-state index contributed by atoms with van der Waals surface area (Å²) in [7, 11) is 0. The molecule has 0 saturated carbocycles. The van der Waals surface area contributed by atoms with Crippen LogP contribution < -0.4 is 0 Å². The van der Waals surface area contributed by atoms with Gasteiger partial charge in [0.15, 0.2) is 0 Å². The Balaban J connectivity index is 2.41. The zero-order chi connectivity index (χ0) is 12.0. The number of rotatable bonds is 4. The van der Waals surface area contributed by atoms with Crippen molar-refractivity contribution in [3.05, 3.63) is 0 Å². The van der Waals surface area contributed by atoms with Crippen molar-refractivity contribution in [1.29, 1.82) is 5.26 Å². The molecule has 1 amide bonds. The highest BCUT2D eigenvalue weighted by Crippen LogP contribution is 2.10. The van der Waals surface area contributed by atoms with E-state index in [1.165, 1.54) is 0 Å². The topological polar surface area (TPSA) is 47.3 Å². The van der Waals surface area contributed by atoms with E-state index in [-0.39, 0.29) is 5.91 Å². The highest BCUT2D eigenvalue weighted by Gasteiger charge is 2.25. The van der Waals surface area contributed by atoms with Crippen molar-refractivity contribution in [2.24, 2.45) is 5.92 Å². The summed E-state index contributed by atoms with van der Waals surface area (Å²) in [6.07, 6.45) is 1.77. The van der Waals surface area contributed by atoms with E-state index in [2.05, 4.69) is 17.9 Å². The third-order valence-corrected chi connectivity index (χ3v) is 3.09. The summed E-state index contributed by atoms with van der Waals surface area (Å²) >= 11 is 0. The molecule has 90 valence electrons. The van der Waals surface area contributed by atoms with E-state index in [0.29, 0.717) is 6.42 Å². The molecule has 1 aliphatic rings. The van der Waals surface area contributed by atoms with Crippen molar-refractivity contribution in [3.63, 3.8) is 0 Å². The van der Waals surface area contributed by atoms with E-state index >= 15 is 0 Å². The largest absolute Gasteiger partial charge is 0.339 e. The Morgan fingerprint density at radius 1 is 1.31 bits per heavy atom. The van der Waals surface area contributed by atoms with Crippen LogP contribution in [0.3, 0.4) is 0 Å². The molecule has 4 heteroatoms. The second kappa shape index (κ2) is 6.49. The third-order valence-electron chi connectivity index (χ3n) is 3.09. The molecular weight excluding hydrogens is 202 g/mol. The van der Waals surface area contributed by atoms with Crippen LogP contribution in [0.15, 0.2) is 0 Å². The van der Waals surface area contributed by atoms with Crippen LogP contribution in [0.2, 0.25) is 0 Å². The lowest BCUT2D eigenvalue weighted by molar-refractivity contribution is -0.135. The fraction of sp³-hybridized carbons (Fsp3) is 0.833. The van der Waals surface area contributed by atoms with Crippen molar-refractivity contribution >= 4 is 5.91 Å². The average molecular weight is 223 g/mol. The van der Waals surface area contributed by atoms with Crippen LogP contribution in [-0.2, 0) is 4.79 Å². The zero-order valence-electron chi connectivity index (χ0n) is 10.3. The van der Waals surface area contributed by atoms with Gasteiger partial charge < -0.3 is 4.90 Å². The second-order valence-electron chi connectivity index (χ2n) is 4.26. The molecule has 0 aliphatic carbocycles. The molecule has 1 saturated heterocycles. The van der Waals surface area contributed by atoms with Crippen LogP contribution in [0.5, 0.6) is 0 Å². The molecule has 0 aromatic rings. The fourth-order valence-electron chi connectivity index (χ4n) is 2.05. The van der Waals surface area contributed by atoms with E-state index < -0.39 is 5.92 Å². The normalized spacial score (nSPS) is 19.2. The van der Waals surface area contributed by atoms with Gasteiger partial charge in [-0.05, 0) is 19.4 Å². The van der Waals surface area contributed by atoms with Gasteiger partial charge in [-0.1, -0.05) is 13.8 Å². The molecule has 16 heavy (non-hydrogen) atoms. The standard InChI is InChI=1S/C12H21N3O/c1-3-5-14-6-8-15(9-7-14)12(16)11(4-2)10-13/h11H,3-9H2,1-2H3. The molecule has 1 heterocycles. The predicted octanol–water partition coefficient (Wildman–Crippen LogP) is 1.09. The Hall–Kier alpha value is -1.08. The molecule has 1 atom stereocenters. The fourth-order valence-corrected chi connectivity index (χ4v) is 2.05. The number of nitriles is 1. The van der Waals surface area contributed by atoms with Gasteiger partial charge in [0.2, 0.25) is 5.91 Å². The van der Waals surface area contributed by atoms with Gasteiger partial charge in [0.1, 0.15) is 5.92 Å². The van der Waals surface area contributed by atoms with Crippen molar-refractivity contribution in [2.75, 3.05) is 32.7 Å². The molecule has 1 aliphatic heterocycles. The SMILES string of the molecule is CCCN1CCN(C(=O)C(C#N)CC)CC1. The monoisotopic (exact) mass is 223 g/mol. The molecule has 0 N–H and O–H groups in total. The zero-order valence-corrected chi connectivity index (χ0v) is 10.3. The quantitative estimate of drug-likeness (QED) is 0.717. The van der Waals surface area contributed by atoms with Crippen LogP contribution in [0.1, 0.15) is 26.7 Å². The number of hydrogen-bond acceptors (Lipinski definition) is 3. The summed E-state index contributed by atoms with van der Waals surface area (Å²) in [6, 6.07) is 2.08. The first-order valence-corrected chi connectivity index (χ1v) is 6.13. The number of piperazine rings is 1. The van der Waals surface area contributed by atoms with Crippen LogP contribution >= 0.6 is 0 Å². The maximum absolute atomic E-state index is 11.9. The first kappa shape index (κ1) is 13.0. The minimum absolute atomic E-state index is 0.0150. The number of carbonyl (C=O) groups excluding carboxylic acids is 1. The Labute approximate surface area is 97.8 Å². The molecule has 1 fully saturated rings. The summed E-state index contributed by atoms with van der Waals surface area (Å²) in [5.74, 6) is -0.432. The second-order valence-corrected chi connectivity index (χ2v) is 4.26. The first-order chi connectivity index (χ1) is 7.72. The maximum atomic E-state index is 11.9. The number of amides is 1. The Morgan fingerprint density at radius 3 is 2.38 bits per heavy atom. The lowest BCUT2D eigenvalue weighted by Gasteiger charge is -2.35. The van der Waals surface area contributed by atoms with Gasteiger partial charge in [-0.2, -0.15) is 5.26 Å². The molecule has 1 rings (SSSR count). The van der Waals surface area contributed by atoms with E-state index in [1.807, 2.05) is 11.8 Å². The molecule has 0 aromatic carbocycles. The number of nitrogens with zero attached hydrogens (tertiary/aromatic N) is 3. The van der Waals surface area contributed by atoms with Crippen LogP contribution in [-0.4, -0.2) is 48.4 Å². The predicted molar refractivity (Wildman–Crippen MR) is 62.7 cm³/mol. The smallest absolute Gasteiger partial charge is 0.240 e. The minimum atomic E-state index is -0.447. The Bertz CT molecular complexity index is 264. The summed E-state index contributed by atoms with van der Waals surface area (Å²) in [5, 5.41) is 8.86. The maximum Gasteiger partial charge on any atom is 0.240 e. The molecule has 0 spiro atoms. The number of carbonyl (C=O) groups is 1. The van der Waals surface area contributed by atoms with Crippen molar-refractivity contribution < 1.29 is 4.79 Å². The van der Waals surface area contributed by atoms with Gasteiger partial charge in [-0.25, -0.2) is 0 Å². The summed E-state index contributed by atoms with van der Waals surface area (Å²) in [6.45, 7) is 8.61. The molecule has 0 bridgehead atoms. The van der Waals surface area contributed by atoms with Crippen LogP contribution in [0.4, 0.5) is 0 Å². The van der Waals surface area contributed by atoms with Crippen LogP contribution in [0.25, 0.3) is 0 Å². The summed E-state index contributed by atoms with van der Waals surface area (Å²) in [5.41, 5.74) is 0. The van der Waals surface area contributed by atoms with Gasteiger partial charge in [0, 0.05) is 26.2 Å². The molecule has 0 radical (unpaired) electrons. The lowest BCUT2D eigenvalue weighted by atomic mass is 10.1. The van der Waals surface area contributed by atoms with Gasteiger partial charge in [0.25, 0.3) is 0 Å². The highest BCUT2D eigenvalue weighted by molar-refractivity contribution is 5.81. The molecule has 4 nitrogen and oxygen atoms in total. The molecular formula is C12H21N3O. The summed E-state index contributed by atoms with van der Waals surface area (Å²) < 4.78 is 0. The van der Waals surface area contributed by atoms with Gasteiger partial charge in [0.05, 0.1) is 6.07 Å². The van der Waals surface area contributed by atoms with Gasteiger partial charge in [-0.3, -0.25) is 9.69 Å². The summed E-state index contributed by atoms with van der Waals surface area (Å²) in [4.78, 5) is 16.1. The van der Waals surface area contributed by atoms with Crippen LogP contribution in [0, 0.1) is 17.2 Å². The van der Waals surface area contributed by atoms with Crippen molar-refractivity contribution in [2.45, 2.75) is 26.7 Å². The third kappa shape index (κ3) is 3.21. The van der Waals surface area contributed by atoms with E-state index in [1.54, 1.807) is 0 Å². The van der Waals surface area contributed by atoms with Gasteiger partial charge in [-0.15, -0.1) is 0 Å². The Morgan fingerprint density at radius 2 is 1.94 bits per heavy atom. The average Bonchev–Trinajstić information content (AvgIpc) is 2.32. The van der Waals surface area contributed by atoms with E-state index in [4.69, 9.17) is 5.26 Å². The molecule has 1 unspecified atom stereocenters. The van der Waals surface area contributed by atoms with E-state index in [9.17, 15) is 4.79 Å². The van der Waals surface area contributed by atoms with Gasteiger partial charge >= 0.3 is 0 Å². The first-order valence-electron chi connectivity index (χ1n) is 6.13. The lowest BCUT2D eigenvalue weighted by Crippen LogP contribution is -2.50. The molecule has 0 aromatic heterocycles.